The van der Waals surface area contributed by atoms with Gasteiger partial charge in [-0.25, -0.2) is 8.78 Å². The Morgan fingerprint density at radius 3 is 2.62 bits per heavy atom. The first-order valence-corrected chi connectivity index (χ1v) is 11.7. The Labute approximate surface area is 197 Å². The van der Waals surface area contributed by atoms with Crippen molar-refractivity contribution in [3.8, 4) is 0 Å². The predicted molar refractivity (Wildman–Crippen MR) is 121 cm³/mol. The largest absolute Gasteiger partial charge is 0.390 e. The van der Waals surface area contributed by atoms with E-state index >= 15 is 0 Å². The van der Waals surface area contributed by atoms with Gasteiger partial charge in [-0.2, -0.15) is 0 Å². The molecule has 6 nitrogen and oxygen atoms in total. The molecule has 2 aromatic rings. The Morgan fingerprint density at radius 2 is 1.91 bits per heavy atom. The number of benzene rings is 2. The summed E-state index contributed by atoms with van der Waals surface area (Å²) in [6, 6.07) is 10.8. The monoisotopic (exact) mass is 475 g/mol. The molecule has 2 aliphatic rings. The normalized spacial score (nSPS) is 26.9. The summed E-state index contributed by atoms with van der Waals surface area (Å²) < 4.78 is 39.2. The zero-order valence-corrected chi connectivity index (χ0v) is 19.2. The molecular weight excluding hydrogens is 444 g/mol. The third-order valence-corrected chi connectivity index (χ3v) is 6.57. The van der Waals surface area contributed by atoms with Crippen LogP contribution in [0.4, 0.5) is 8.78 Å². The number of aliphatic hydroxyl groups excluding tert-OH is 2. The van der Waals surface area contributed by atoms with Crippen LogP contribution in [0.2, 0.25) is 0 Å². The molecule has 0 bridgehead atoms. The molecule has 0 aliphatic heterocycles. The maximum absolute atomic E-state index is 14.1. The number of aryl methyl sites for hydroxylation is 1. The third kappa shape index (κ3) is 5.99. The molecule has 4 atom stereocenters. The molecule has 0 radical (unpaired) electrons. The van der Waals surface area contributed by atoms with Crippen LogP contribution in [0.3, 0.4) is 0 Å². The highest BCUT2D eigenvalue weighted by atomic mass is 19.1. The highest BCUT2D eigenvalue weighted by molar-refractivity contribution is 5.85. The van der Waals surface area contributed by atoms with Gasteiger partial charge in [-0.15, -0.1) is 0 Å². The number of rotatable bonds is 9. The summed E-state index contributed by atoms with van der Waals surface area (Å²) in [4.78, 5) is 13.3. The molecule has 8 heteroatoms. The fourth-order valence-corrected chi connectivity index (χ4v) is 4.34. The molecule has 0 saturated heterocycles. The number of nitrogens with one attached hydrogen (secondary N) is 1. The second-order valence-electron chi connectivity index (χ2n) is 9.48. The number of halogens is 2. The van der Waals surface area contributed by atoms with Gasteiger partial charge in [0, 0.05) is 31.0 Å². The second-order valence-corrected chi connectivity index (χ2v) is 9.48. The number of amides is 1. The fraction of sp³-hybridized carbons (Fsp3) is 0.500. The molecule has 2 aliphatic carbocycles. The lowest BCUT2D eigenvalue weighted by atomic mass is 9.78. The summed E-state index contributed by atoms with van der Waals surface area (Å²) in [5, 5.41) is 24.1. The molecule has 2 saturated carbocycles. The highest BCUT2D eigenvalue weighted by Gasteiger charge is 2.51. The van der Waals surface area contributed by atoms with Crippen molar-refractivity contribution in [3.63, 3.8) is 0 Å². The van der Waals surface area contributed by atoms with E-state index in [1.165, 1.54) is 6.07 Å². The van der Waals surface area contributed by atoms with E-state index in [0.717, 1.165) is 36.1 Å². The molecule has 0 aromatic heterocycles. The van der Waals surface area contributed by atoms with E-state index in [1.54, 1.807) is 0 Å². The summed E-state index contributed by atoms with van der Waals surface area (Å²) in [6.45, 7) is 2.37. The number of carbonyl (C=O) groups excluding carboxylic acids is 1. The van der Waals surface area contributed by atoms with Gasteiger partial charge in [0.05, 0.1) is 25.4 Å². The van der Waals surface area contributed by atoms with Gasteiger partial charge in [0.15, 0.2) is 5.60 Å². The Kier molecular flexibility index (Phi) is 7.62. The topological polar surface area (TPSA) is 88.0 Å². The van der Waals surface area contributed by atoms with Crippen LogP contribution in [0.15, 0.2) is 42.5 Å². The van der Waals surface area contributed by atoms with Gasteiger partial charge in [-0.3, -0.25) is 4.79 Å². The van der Waals surface area contributed by atoms with E-state index in [9.17, 15) is 23.8 Å². The van der Waals surface area contributed by atoms with Crippen LogP contribution in [-0.4, -0.2) is 46.6 Å². The van der Waals surface area contributed by atoms with Crippen LogP contribution in [0.5, 0.6) is 0 Å². The zero-order chi connectivity index (χ0) is 24.3. The quantitative estimate of drug-likeness (QED) is 0.519. The molecule has 34 heavy (non-hydrogen) atoms. The van der Waals surface area contributed by atoms with Gasteiger partial charge in [0.2, 0.25) is 0 Å². The fourth-order valence-electron chi connectivity index (χ4n) is 4.34. The highest BCUT2D eigenvalue weighted by Crippen LogP contribution is 2.36. The second kappa shape index (κ2) is 10.5. The first kappa shape index (κ1) is 24.7. The maximum atomic E-state index is 14.1. The SMILES string of the molecule is Cc1cccc(CO[C@]2(C(=O)NCC3CC3)CC(OCc3ccc(F)cc3F)[C@H](O)[C@H](O)C2)c1. The standard InChI is InChI=1S/C26H31F2NO5/c1-16-3-2-4-18(9-16)14-34-26(25(32)29-13-17-5-6-17)11-22(30)24(31)23(12-26)33-15-19-7-8-20(27)10-21(19)28/h2-4,7-10,17,22-24,30-31H,5-6,11-15H2,1H3,(H,29,32)/t22-,23?,24-,26+/m1/s1. The van der Waals surface area contributed by atoms with Gasteiger partial charge in [-0.05, 0) is 37.3 Å². The van der Waals surface area contributed by atoms with E-state index in [1.807, 2.05) is 31.2 Å². The van der Waals surface area contributed by atoms with Crippen LogP contribution in [0, 0.1) is 24.5 Å². The number of aliphatic hydroxyl groups is 2. The molecule has 4 rings (SSSR count). The van der Waals surface area contributed by atoms with Crippen LogP contribution >= 0.6 is 0 Å². The minimum Gasteiger partial charge on any atom is -0.390 e. The van der Waals surface area contributed by atoms with Gasteiger partial charge in [0.25, 0.3) is 5.91 Å². The van der Waals surface area contributed by atoms with Crippen molar-refractivity contribution < 1.29 is 33.3 Å². The number of hydrogen-bond acceptors (Lipinski definition) is 5. The van der Waals surface area contributed by atoms with Crippen molar-refractivity contribution >= 4 is 5.91 Å². The third-order valence-electron chi connectivity index (χ3n) is 6.57. The van der Waals surface area contributed by atoms with Gasteiger partial charge in [0.1, 0.15) is 17.7 Å². The number of carbonyl (C=O) groups is 1. The van der Waals surface area contributed by atoms with E-state index in [2.05, 4.69) is 5.32 Å². The van der Waals surface area contributed by atoms with Crippen molar-refractivity contribution in [2.75, 3.05) is 6.54 Å². The lowest BCUT2D eigenvalue weighted by molar-refractivity contribution is -0.200. The number of ether oxygens (including phenoxy) is 2. The summed E-state index contributed by atoms with van der Waals surface area (Å²) in [5.41, 5.74) is 0.609. The van der Waals surface area contributed by atoms with Gasteiger partial charge in [-0.1, -0.05) is 35.9 Å². The Morgan fingerprint density at radius 1 is 1.12 bits per heavy atom. The molecular formula is C26H31F2NO5. The molecule has 3 N–H and O–H groups in total. The van der Waals surface area contributed by atoms with Crippen molar-refractivity contribution in [2.45, 2.75) is 69.7 Å². The van der Waals surface area contributed by atoms with Crippen molar-refractivity contribution in [1.29, 1.82) is 0 Å². The smallest absolute Gasteiger partial charge is 0.252 e. The maximum Gasteiger partial charge on any atom is 0.252 e. The van der Waals surface area contributed by atoms with Crippen LogP contribution < -0.4 is 5.32 Å². The van der Waals surface area contributed by atoms with Crippen molar-refractivity contribution in [3.05, 3.63) is 70.8 Å². The lowest BCUT2D eigenvalue weighted by Crippen LogP contribution is -2.60. The Balaban J connectivity index is 1.52. The first-order chi connectivity index (χ1) is 16.3. The van der Waals surface area contributed by atoms with E-state index in [4.69, 9.17) is 9.47 Å². The molecule has 0 spiro atoms. The average molecular weight is 476 g/mol. The van der Waals surface area contributed by atoms with Crippen molar-refractivity contribution in [1.82, 2.24) is 5.32 Å². The predicted octanol–water partition coefficient (Wildman–Crippen LogP) is 3.16. The lowest BCUT2D eigenvalue weighted by Gasteiger charge is -2.44. The van der Waals surface area contributed by atoms with E-state index in [-0.39, 0.29) is 37.5 Å². The summed E-state index contributed by atoms with van der Waals surface area (Å²) in [7, 11) is 0. The van der Waals surface area contributed by atoms with Crippen molar-refractivity contribution in [2.24, 2.45) is 5.92 Å². The minimum absolute atomic E-state index is 0.0175. The van der Waals surface area contributed by atoms with Gasteiger partial charge >= 0.3 is 0 Å². The number of hydrogen-bond donors (Lipinski definition) is 3. The molecule has 2 aromatic carbocycles. The van der Waals surface area contributed by atoms with E-state index in [0.29, 0.717) is 12.5 Å². The Bertz CT molecular complexity index is 1010. The molecule has 0 heterocycles. The summed E-state index contributed by atoms with van der Waals surface area (Å²) >= 11 is 0. The van der Waals surface area contributed by atoms with Crippen LogP contribution in [0.25, 0.3) is 0 Å². The van der Waals surface area contributed by atoms with Gasteiger partial charge < -0.3 is 25.0 Å². The summed E-state index contributed by atoms with van der Waals surface area (Å²) in [6.07, 6.45) is -1.53. The zero-order valence-electron chi connectivity index (χ0n) is 19.2. The van der Waals surface area contributed by atoms with Crippen LogP contribution in [-0.2, 0) is 27.5 Å². The summed E-state index contributed by atoms with van der Waals surface area (Å²) in [5.74, 6) is -1.38. The Hall–Kier alpha value is -2.39. The average Bonchev–Trinajstić information content (AvgIpc) is 3.63. The first-order valence-electron chi connectivity index (χ1n) is 11.7. The molecule has 184 valence electrons. The van der Waals surface area contributed by atoms with E-state index < -0.39 is 35.5 Å². The minimum atomic E-state index is -1.43. The molecule has 1 amide bonds. The van der Waals surface area contributed by atoms with Crippen LogP contribution in [0.1, 0.15) is 42.4 Å². The molecule has 1 unspecified atom stereocenters. The molecule has 2 fully saturated rings.